The Morgan fingerprint density at radius 2 is 2.07 bits per heavy atom. The number of hydrogen-bond acceptors (Lipinski definition) is 3. The SMILES string of the molecule is CCOCCCNC(=O)C(C)C1CCN(C(=O)c2cc3cc(Cl)ccc3[nH]2)CC1. The highest BCUT2D eigenvalue weighted by molar-refractivity contribution is 6.31. The number of aromatic nitrogens is 1. The zero-order chi connectivity index (χ0) is 20.8. The minimum atomic E-state index is -0.0467. The molecule has 29 heavy (non-hydrogen) atoms. The molecule has 3 rings (SSSR count). The molecule has 2 heterocycles. The van der Waals surface area contributed by atoms with Crippen molar-refractivity contribution >= 4 is 34.3 Å². The first-order chi connectivity index (χ1) is 14.0. The first-order valence-electron chi connectivity index (χ1n) is 10.4. The molecule has 1 aromatic carbocycles. The zero-order valence-corrected chi connectivity index (χ0v) is 17.9. The summed E-state index contributed by atoms with van der Waals surface area (Å²) >= 11 is 6.03. The summed E-state index contributed by atoms with van der Waals surface area (Å²) < 4.78 is 5.29. The highest BCUT2D eigenvalue weighted by Gasteiger charge is 2.30. The highest BCUT2D eigenvalue weighted by atomic mass is 35.5. The van der Waals surface area contributed by atoms with Gasteiger partial charge in [-0.1, -0.05) is 18.5 Å². The molecule has 1 unspecified atom stereocenters. The van der Waals surface area contributed by atoms with Crippen LogP contribution in [0.15, 0.2) is 24.3 Å². The van der Waals surface area contributed by atoms with Crippen LogP contribution < -0.4 is 5.32 Å². The Balaban J connectivity index is 1.48. The molecule has 2 N–H and O–H groups in total. The summed E-state index contributed by atoms with van der Waals surface area (Å²) in [4.78, 5) is 30.3. The van der Waals surface area contributed by atoms with Crippen LogP contribution in [0.5, 0.6) is 0 Å². The van der Waals surface area contributed by atoms with Gasteiger partial charge in [0.05, 0.1) is 0 Å². The van der Waals surface area contributed by atoms with Crippen molar-refractivity contribution in [2.45, 2.75) is 33.1 Å². The van der Waals surface area contributed by atoms with Crippen molar-refractivity contribution in [3.63, 3.8) is 0 Å². The molecule has 2 amide bonds. The lowest BCUT2D eigenvalue weighted by molar-refractivity contribution is -0.126. The van der Waals surface area contributed by atoms with Gasteiger partial charge < -0.3 is 19.9 Å². The average molecular weight is 420 g/mol. The molecule has 1 saturated heterocycles. The van der Waals surface area contributed by atoms with Gasteiger partial charge in [0.25, 0.3) is 5.91 Å². The van der Waals surface area contributed by atoms with Gasteiger partial charge in [-0.05, 0) is 56.4 Å². The third-order valence-corrected chi connectivity index (χ3v) is 5.96. The van der Waals surface area contributed by atoms with Crippen LogP contribution in [-0.2, 0) is 9.53 Å². The van der Waals surface area contributed by atoms with Crippen LogP contribution in [0.25, 0.3) is 10.9 Å². The van der Waals surface area contributed by atoms with E-state index in [0.29, 0.717) is 49.5 Å². The minimum Gasteiger partial charge on any atom is -0.382 e. The summed E-state index contributed by atoms with van der Waals surface area (Å²) in [5.74, 6) is 0.351. The summed E-state index contributed by atoms with van der Waals surface area (Å²) in [7, 11) is 0. The monoisotopic (exact) mass is 419 g/mol. The maximum atomic E-state index is 12.9. The number of nitrogens with one attached hydrogen (secondary N) is 2. The van der Waals surface area contributed by atoms with E-state index in [0.717, 1.165) is 30.2 Å². The predicted octanol–water partition coefficient (Wildman–Crippen LogP) is 3.85. The molecule has 1 aromatic heterocycles. The number of hydrogen-bond donors (Lipinski definition) is 2. The summed E-state index contributed by atoms with van der Waals surface area (Å²) in [6.07, 6.45) is 2.51. The lowest BCUT2D eigenvalue weighted by Crippen LogP contribution is -2.43. The van der Waals surface area contributed by atoms with Gasteiger partial charge in [0.1, 0.15) is 5.69 Å². The fraction of sp³-hybridized carbons (Fsp3) is 0.545. The average Bonchev–Trinajstić information content (AvgIpc) is 3.15. The number of nitrogens with zero attached hydrogens (tertiary/aromatic N) is 1. The van der Waals surface area contributed by atoms with Gasteiger partial charge in [-0.3, -0.25) is 9.59 Å². The van der Waals surface area contributed by atoms with Gasteiger partial charge in [0.15, 0.2) is 0 Å². The number of H-pyrrole nitrogens is 1. The molecule has 2 aromatic rings. The molecule has 0 radical (unpaired) electrons. The Morgan fingerprint density at radius 1 is 1.31 bits per heavy atom. The van der Waals surface area contributed by atoms with Crippen molar-refractivity contribution in [2.24, 2.45) is 11.8 Å². The number of benzene rings is 1. The van der Waals surface area contributed by atoms with E-state index >= 15 is 0 Å². The Labute approximate surface area is 176 Å². The smallest absolute Gasteiger partial charge is 0.270 e. The van der Waals surface area contributed by atoms with Crippen LogP contribution in [0.4, 0.5) is 0 Å². The van der Waals surface area contributed by atoms with E-state index in [9.17, 15) is 9.59 Å². The molecule has 0 saturated carbocycles. The van der Waals surface area contributed by atoms with Crippen molar-refractivity contribution in [2.75, 3.05) is 32.8 Å². The van der Waals surface area contributed by atoms with E-state index in [1.807, 2.05) is 43.0 Å². The summed E-state index contributed by atoms with van der Waals surface area (Å²) in [6.45, 7) is 7.31. The molecule has 0 aliphatic carbocycles. The van der Waals surface area contributed by atoms with Gasteiger partial charge in [-0.2, -0.15) is 0 Å². The number of fused-ring (bicyclic) bond motifs is 1. The number of carbonyl (C=O) groups is 2. The summed E-state index contributed by atoms with van der Waals surface area (Å²) in [6, 6.07) is 7.40. The molecule has 1 aliphatic rings. The van der Waals surface area contributed by atoms with Crippen LogP contribution >= 0.6 is 11.6 Å². The molecule has 158 valence electrons. The number of likely N-dealkylation sites (tertiary alicyclic amines) is 1. The molecule has 0 bridgehead atoms. The van der Waals surface area contributed by atoms with Crippen LogP contribution in [0.1, 0.15) is 43.6 Å². The lowest BCUT2D eigenvalue weighted by atomic mass is 9.84. The van der Waals surface area contributed by atoms with Crippen molar-refractivity contribution in [3.05, 3.63) is 35.0 Å². The molecule has 1 fully saturated rings. The number of piperidine rings is 1. The van der Waals surface area contributed by atoms with E-state index < -0.39 is 0 Å². The predicted molar refractivity (Wildman–Crippen MR) is 115 cm³/mol. The second-order valence-corrected chi connectivity index (χ2v) is 8.11. The van der Waals surface area contributed by atoms with E-state index in [2.05, 4.69) is 10.3 Å². The third kappa shape index (κ3) is 5.52. The van der Waals surface area contributed by atoms with E-state index in [1.165, 1.54) is 0 Å². The fourth-order valence-electron chi connectivity index (χ4n) is 3.90. The molecular formula is C22H30ClN3O3. The first-order valence-corrected chi connectivity index (χ1v) is 10.8. The van der Waals surface area contributed by atoms with E-state index in [-0.39, 0.29) is 17.7 Å². The number of rotatable bonds is 8. The summed E-state index contributed by atoms with van der Waals surface area (Å²) in [5, 5.41) is 4.59. The molecule has 7 heteroatoms. The van der Waals surface area contributed by atoms with E-state index in [4.69, 9.17) is 16.3 Å². The number of amides is 2. The zero-order valence-electron chi connectivity index (χ0n) is 17.2. The molecule has 0 spiro atoms. The van der Waals surface area contributed by atoms with Crippen molar-refractivity contribution in [1.82, 2.24) is 15.2 Å². The summed E-state index contributed by atoms with van der Waals surface area (Å²) in [5.41, 5.74) is 1.49. The number of aromatic amines is 1. The number of halogens is 1. The van der Waals surface area contributed by atoms with Gasteiger partial charge in [0.2, 0.25) is 5.91 Å². The quantitative estimate of drug-likeness (QED) is 0.638. The normalized spacial score (nSPS) is 16.2. The highest BCUT2D eigenvalue weighted by Crippen LogP contribution is 2.27. The topological polar surface area (TPSA) is 74.4 Å². The maximum absolute atomic E-state index is 12.9. The Morgan fingerprint density at radius 3 is 2.79 bits per heavy atom. The Kier molecular flexibility index (Phi) is 7.56. The second kappa shape index (κ2) is 10.1. The molecule has 1 atom stereocenters. The lowest BCUT2D eigenvalue weighted by Gasteiger charge is -2.34. The minimum absolute atomic E-state index is 0.00352. The van der Waals surface area contributed by atoms with E-state index in [1.54, 1.807) is 0 Å². The largest absolute Gasteiger partial charge is 0.382 e. The molecule has 6 nitrogen and oxygen atoms in total. The number of carbonyl (C=O) groups excluding carboxylic acids is 2. The Hall–Kier alpha value is -2.05. The molecular weight excluding hydrogens is 390 g/mol. The second-order valence-electron chi connectivity index (χ2n) is 7.67. The van der Waals surface area contributed by atoms with Crippen LogP contribution in [0.3, 0.4) is 0 Å². The number of ether oxygens (including phenoxy) is 1. The van der Waals surface area contributed by atoms with Gasteiger partial charge in [-0.15, -0.1) is 0 Å². The Bertz CT molecular complexity index is 843. The molecule has 1 aliphatic heterocycles. The van der Waals surface area contributed by atoms with Crippen LogP contribution in [-0.4, -0.2) is 54.5 Å². The van der Waals surface area contributed by atoms with Crippen molar-refractivity contribution in [1.29, 1.82) is 0 Å². The van der Waals surface area contributed by atoms with Gasteiger partial charge in [0, 0.05) is 54.7 Å². The van der Waals surface area contributed by atoms with Gasteiger partial charge in [-0.25, -0.2) is 0 Å². The van der Waals surface area contributed by atoms with Gasteiger partial charge >= 0.3 is 0 Å². The standard InChI is InChI=1S/C22H30ClN3O3/c1-3-29-12-4-9-24-21(27)15(2)16-7-10-26(11-8-16)22(28)20-14-17-13-18(23)5-6-19(17)25-20/h5-6,13-16,25H,3-4,7-12H2,1-2H3,(H,24,27). The maximum Gasteiger partial charge on any atom is 0.270 e. The fourth-order valence-corrected chi connectivity index (χ4v) is 4.08. The first kappa shape index (κ1) is 21.7. The van der Waals surface area contributed by atoms with Crippen LogP contribution in [0, 0.1) is 11.8 Å². The third-order valence-electron chi connectivity index (χ3n) is 5.73. The van der Waals surface area contributed by atoms with Crippen LogP contribution in [0.2, 0.25) is 5.02 Å². The van der Waals surface area contributed by atoms with Crippen molar-refractivity contribution in [3.8, 4) is 0 Å². The van der Waals surface area contributed by atoms with Crippen molar-refractivity contribution < 1.29 is 14.3 Å².